The van der Waals surface area contributed by atoms with Crippen molar-refractivity contribution < 1.29 is 24.5 Å². The minimum absolute atomic E-state index is 0.0306. The second kappa shape index (κ2) is 7.63. The fraction of sp³-hybridized carbons (Fsp3) is 0.333. The van der Waals surface area contributed by atoms with Crippen molar-refractivity contribution in [1.29, 1.82) is 0 Å². The normalized spacial score (nSPS) is 22.6. The van der Waals surface area contributed by atoms with Gasteiger partial charge in [0, 0.05) is 18.9 Å². The van der Waals surface area contributed by atoms with Crippen molar-refractivity contribution in [2.75, 3.05) is 0 Å². The van der Waals surface area contributed by atoms with Crippen LogP contribution in [0.1, 0.15) is 48.5 Å². The van der Waals surface area contributed by atoms with Gasteiger partial charge < -0.3 is 14.9 Å². The number of phenolic OH excluding ortho intramolecular Hbond substituents is 2. The number of rotatable bonds is 0. The van der Waals surface area contributed by atoms with E-state index in [1.807, 2.05) is 0 Å². The highest BCUT2D eigenvalue weighted by Crippen LogP contribution is 2.29. The van der Waals surface area contributed by atoms with Crippen molar-refractivity contribution in [2.24, 2.45) is 0 Å². The first-order chi connectivity index (χ1) is 11.0. The standard InChI is InChI=1S/C18H20O5/c1-12-6-5-9-14(19)8-4-2-3-7-13-10-15(20)11-16(21)17(13)18(22)23-12/h3,5,7,9-12,20-21H,2,4,6,8H2,1H3/b7-3-,9-5-/t12-/m0/s1. The lowest BCUT2D eigenvalue weighted by Crippen LogP contribution is -2.15. The summed E-state index contributed by atoms with van der Waals surface area (Å²) in [6.45, 7) is 1.71. The molecular formula is C18H20O5. The third-order valence-corrected chi connectivity index (χ3v) is 3.51. The summed E-state index contributed by atoms with van der Waals surface area (Å²) in [6.07, 6.45) is 8.45. The Morgan fingerprint density at radius 3 is 2.70 bits per heavy atom. The average molecular weight is 316 g/mol. The van der Waals surface area contributed by atoms with Crippen LogP contribution in [-0.4, -0.2) is 28.1 Å². The van der Waals surface area contributed by atoms with Crippen molar-refractivity contribution in [3.63, 3.8) is 0 Å². The van der Waals surface area contributed by atoms with Crippen LogP contribution in [0.4, 0.5) is 0 Å². The van der Waals surface area contributed by atoms with Crippen molar-refractivity contribution in [2.45, 2.75) is 38.7 Å². The van der Waals surface area contributed by atoms with Crippen LogP contribution in [0.15, 0.2) is 30.4 Å². The van der Waals surface area contributed by atoms with Gasteiger partial charge in [-0.1, -0.05) is 18.2 Å². The molecule has 0 aliphatic carbocycles. The zero-order valence-corrected chi connectivity index (χ0v) is 13.0. The lowest BCUT2D eigenvalue weighted by atomic mass is 10.0. The summed E-state index contributed by atoms with van der Waals surface area (Å²) in [7, 11) is 0. The first-order valence-corrected chi connectivity index (χ1v) is 7.60. The monoisotopic (exact) mass is 316 g/mol. The Labute approximate surface area is 134 Å². The molecule has 0 fully saturated rings. The minimum atomic E-state index is -0.661. The Morgan fingerprint density at radius 2 is 1.91 bits per heavy atom. The van der Waals surface area contributed by atoms with E-state index in [-0.39, 0.29) is 22.8 Å². The summed E-state index contributed by atoms with van der Waals surface area (Å²) in [5.74, 6) is -1.07. The second-order valence-corrected chi connectivity index (χ2v) is 5.54. The van der Waals surface area contributed by atoms with Crippen LogP contribution in [0.25, 0.3) is 6.08 Å². The van der Waals surface area contributed by atoms with Gasteiger partial charge >= 0.3 is 5.97 Å². The van der Waals surface area contributed by atoms with Gasteiger partial charge in [-0.15, -0.1) is 0 Å². The SMILES string of the molecule is C[C@H]1C/C=C\C(=O)CCC/C=C\c2cc(O)cc(O)c2C(=O)O1. The number of carbonyl (C=O) groups is 2. The number of carbonyl (C=O) groups excluding carboxylic acids is 2. The number of fused-ring (bicyclic) bond motifs is 1. The minimum Gasteiger partial charge on any atom is -0.508 e. The number of allylic oxidation sites excluding steroid dienone is 2. The first kappa shape index (κ1) is 16.8. The molecule has 0 radical (unpaired) electrons. The first-order valence-electron chi connectivity index (χ1n) is 7.60. The molecule has 0 unspecified atom stereocenters. The second-order valence-electron chi connectivity index (χ2n) is 5.54. The van der Waals surface area contributed by atoms with E-state index in [2.05, 4.69) is 0 Å². The van der Waals surface area contributed by atoms with E-state index >= 15 is 0 Å². The highest BCUT2D eigenvalue weighted by molar-refractivity contribution is 5.97. The Bertz CT molecular complexity index is 658. The topological polar surface area (TPSA) is 83.8 Å². The molecule has 1 aliphatic heterocycles. The molecule has 0 saturated carbocycles. The van der Waals surface area contributed by atoms with E-state index in [1.165, 1.54) is 12.1 Å². The molecule has 0 spiro atoms. The third-order valence-electron chi connectivity index (χ3n) is 3.51. The zero-order chi connectivity index (χ0) is 16.8. The highest BCUT2D eigenvalue weighted by atomic mass is 16.5. The summed E-state index contributed by atoms with van der Waals surface area (Å²) in [4.78, 5) is 23.9. The number of hydrogen-bond donors (Lipinski definition) is 2. The van der Waals surface area contributed by atoms with Gasteiger partial charge in [-0.25, -0.2) is 4.79 Å². The predicted octanol–water partition coefficient (Wildman–Crippen LogP) is 3.36. The van der Waals surface area contributed by atoms with Gasteiger partial charge in [0.25, 0.3) is 0 Å². The zero-order valence-electron chi connectivity index (χ0n) is 13.0. The molecular weight excluding hydrogens is 296 g/mol. The molecule has 5 heteroatoms. The maximum atomic E-state index is 12.3. The smallest absolute Gasteiger partial charge is 0.342 e. The van der Waals surface area contributed by atoms with E-state index in [0.29, 0.717) is 31.2 Å². The molecule has 1 aromatic carbocycles. The number of esters is 1. The van der Waals surface area contributed by atoms with E-state index < -0.39 is 12.1 Å². The maximum Gasteiger partial charge on any atom is 0.342 e. The van der Waals surface area contributed by atoms with Gasteiger partial charge in [-0.3, -0.25) is 4.79 Å². The molecule has 1 atom stereocenters. The van der Waals surface area contributed by atoms with E-state index in [9.17, 15) is 19.8 Å². The molecule has 5 nitrogen and oxygen atoms in total. The van der Waals surface area contributed by atoms with Gasteiger partial charge in [-0.2, -0.15) is 0 Å². The van der Waals surface area contributed by atoms with Crippen LogP contribution < -0.4 is 0 Å². The average Bonchev–Trinajstić information content (AvgIpc) is 2.45. The molecule has 122 valence electrons. The number of aromatic hydroxyl groups is 2. The number of ether oxygens (including phenoxy) is 1. The van der Waals surface area contributed by atoms with Gasteiger partial charge in [0.15, 0.2) is 5.78 Å². The van der Waals surface area contributed by atoms with Crippen LogP contribution >= 0.6 is 0 Å². The van der Waals surface area contributed by atoms with Gasteiger partial charge in [0.1, 0.15) is 23.2 Å². The molecule has 1 heterocycles. The summed E-state index contributed by atoms with van der Waals surface area (Å²) in [6, 6.07) is 2.51. The predicted molar refractivity (Wildman–Crippen MR) is 86.3 cm³/mol. The Hall–Kier alpha value is -2.56. The maximum absolute atomic E-state index is 12.3. The van der Waals surface area contributed by atoms with Crippen LogP contribution in [0.2, 0.25) is 0 Å². The Morgan fingerprint density at radius 1 is 1.13 bits per heavy atom. The number of ketones is 1. The van der Waals surface area contributed by atoms with Gasteiger partial charge in [0.2, 0.25) is 0 Å². The lowest BCUT2D eigenvalue weighted by Gasteiger charge is -2.14. The lowest BCUT2D eigenvalue weighted by molar-refractivity contribution is -0.114. The molecule has 2 N–H and O–H groups in total. The quantitative estimate of drug-likeness (QED) is 0.717. The van der Waals surface area contributed by atoms with Crippen molar-refractivity contribution in [3.05, 3.63) is 41.5 Å². The Balaban J connectivity index is 2.36. The molecule has 0 amide bonds. The van der Waals surface area contributed by atoms with E-state index in [4.69, 9.17) is 4.74 Å². The van der Waals surface area contributed by atoms with Gasteiger partial charge in [0.05, 0.1) is 0 Å². The largest absolute Gasteiger partial charge is 0.508 e. The van der Waals surface area contributed by atoms with Crippen molar-refractivity contribution in [3.8, 4) is 11.5 Å². The number of hydrogen-bond acceptors (Lipinski definition) is 5. The summed E-state index contributed by atoms with van der Waals surface area (Å²) >= 11 is 0. The molecule has 0 saturated heterocycles. The number of cyclic esters (lactones) is 1. The van der Waals surface area contributed by atoms with Crippen LogP contribution in [0.3, 0.4) is 0 Å². The molecule has 0 aromatic heterocycles. The van der Waals surface area contributed by atoms with Crippen LogP contribution in [0, 0.1) is 0 Å². The number of phenols is 2. The summed E-state index contributed by atoms with van der Waals surface area (Å²) in [5, 5.41) is 19.6. The molecule has 2 rings (SSSR count). The molecule has 1 aliphatic rings. The Kier molecular flexibility index (Phi) is 5.57. The third kappa shape index (κ3) is 4.71. The molecule has 1 aromatic rings. The van der Waals surface area contributed by atoms with Crippen molar-refractivity contribution in [1.82, 2.24) is 0 Å². The highest BCUT2D eigenvalue weighted by Gasteiger charge is 2.20. The number of benzene rings is 1. The van der Waals surface area contributed by atoms with Crippen molar-refractivity contribution >= 4 is 17.8 Å². The molecule has 23 heavy (non-hydrogen) atoms. The molecule has 0 bridgehead atoms. The van der Waals surface area contributed by atoms with Crippen LogP contribution in [-0.2, 0) is 9.53 Å². The fourth-order valence-corrected chi connectivity index (χ4v) is 2.36. The summed E-state index contributed by atoms with van der Waals surface area (Å²) in [5.41, 5.74) is 0.418. The van der Waals surface area contributed by atoms with Gasteiger partial charge in [-0.05, 0) is 37.5 Å². The fourth-order valence-electron chi connectivity index (χ4n) is 2.36. The van der Waals surface area contributed by atoms with E-state index in [1.54, 1.807) is 25.2 Å². The summed E-state index contributed by atoms with van der Waals surface area (Å²) < 4.78 is 5.30. The van der Waals surface area contributed by atoms with E-state index in [0.717, 1.165) is 6.07 Å². The van der Waals surface area contributed by atoms with Crippen LogP contribution in [0.5, 0.6) is 11.5 Å².